The third kappa shape index (κ3) is 4.08. The van der Waals surface area contributed by atoms with Crippen molar-refractivity contribution in [1.82, 2.24) is 10.3 Å². The van der Waals surface area contributed by atoms with Crippen LogP contribution in [0.25, 0.3) is 0 Å². The average molecular weight is 325 g/mol. The van der Waals surface area contributed by atoms with E-state index in [1.165, 1.54) is 17.4 Å². The van der Waals surface area contributed by atoms with Gasteiger partial charge in [0.15, 0.2) is 11.6 Å². The molecule has 0 spiro atoms. The number of nitrogens with zero attached hydrogens (tertiary/aromatic N) is 1. The minimum absolute atomic E-state index is 0.101. The van der Waals surface area contributed by atoms with E-state index in [-0.39, 0.29) is 24.2 Å². The van der Waals surface area contributed by atoms with E-state index < -0.39 is 11.6 Å². The fourth-order valence-corrected chi connectivity index (χ4v) is 2.75. The smallest absolute Gasteiger partial charge is 0.271 e. The van der Waals surface area contributed by atoms with Crippen LogP contribution in [0, 0.1) is 11.6 Å². The van der Waals surface area contributed by atoms with E-state index >= 15 is 0 Å². The van der Waals surface area contributed by atoms with Gasteiger partial charge in [-0.25, -0.2) is 13.8 Å². The van der Waals surface area contributed by atoms with Crippen LogP contribution in [-0.4, -0.2) is 10.9 Å². The molecule has 2 aromatic rings. The largest absolute Gasteiger partial charge is 0.347 e. The molecule has 22 heavy (non-hydrogen) atoms. The van der Waals surface area contributed by atoms with Crippen molar-refractivity contribution in [3.63, 3.8) is 0 Å². The van der Waals surface area contributed by atoms with Crippen molar-refractivity contribution >= 4 is 17.2 Å². The Balaban J connectivity index is 1.96. The van der Waals surface area contributed by atoms with Crippen LogP contribution >= 0.6 is 11.3 Å². The summed E-state index contributed by atoms with van der Waals surface area (Å²) in [7, 11) is 0. The van der Waals surface area contributed by atoms with Crippen LogP contribution in [0.5, 0.6) is 0 Å². The summed E-state index contributed by atoms with van der Waals surface area (Å²) in [6.07, 6.45) is 1.75. The Bertz CT molecular complexity index is 660. The number of hydrogen-bond donors (Lipinski definition) is 2. The second-order valence-electron chi connectivity index (χ2n) is 4.90. The molecular formula is C15H17F2N3OS. The summed E-state index contributed by atoms with van der Waals surface area (Å²) in [5.74, 6) is -2.21. The third-order valence-electron chi connectivity index (χ3n) is 3.11. The van der Waals surface area contributed by atoms with Gasteiger partial charge in [-0.05, 0) is 24.1 Å². The van der Waals surface area contributed by atoms with Crippen LogP contribution < -0.4 is 11.1 Å². The van der Waals surface area contributed by atoms with Crippen molar-refractivity contribution in [2.45, 2.75) is 32.4 Å². The van der Waals surface area contributed by atoms with Crippen LogP contribution in [0.15, 0.2) is 23.6 Å². The minimum Gasteiger partial charge on any atom is -0.347 e. The lowest BCUT2D eigenvalue weighted by Crippen LogP contribution is -2.23. The van der Waals surface area contributed by atoms with Crippen molar-refractivity contribution in [2.24, 2.45) is 5.73 Å². The van der Waals surface area contributed by atoms with Gasteiger partial charge in [0, 0.05) is 11.9 Å². The summed E-state index contributed by atoms with van der Waals surface area (Å²) in [6.45, 7) is 2.13. The highest BCUT2D eigenvalue weighted by Crippen LogP contribution is 2.20. The van der Waals surface area contributed by atoms with Gasteiger partial charge in [0.2, 0.25) is 0 Å². The molecule has 1 aromatic carbocycles. The molecule has 0 saturated heterocycles. The molecule has 1 unspecified atom stereocenters. The molecule has 0 saturated carbocycles. The molecule has 1 atom stereocenters. The Labute approximate surface area is 131 Å². The zero-order valence-corrected chi connectivity index (χ0v) is 12.9. The maximum Gasteiger partial charge on any atom is 0.271 e. The number of benzene rings is 1. The highest BCUT2D eigenvalue weighted by molar-refractivity contribution is 7.09. The SMILES string of the molecule is CCCC(N)c1nc(C(=O)NCc2ccc(F)c(F)c2)cs1. The van der Waals surface area contributed by atoms with E-state index in [2.05, 4.69) is 10.3 Å². The molecule has 0 bridgehead atoms. The average Bonchev–Trinajstić information content (AvgIpc) is 2.98. The van der Waals surface area contributed by atoms with E-state index in [9.17, 15) is 13.6 Å². The van der Waals surface area contributed by atoms with Gasteiger partial charge in [-0.1, -0.05) is 19.4 Å². The van der Waals surface area contributed by atoms with Gasteiger partial charge in [0.1, 0.15) is 10.7 Å². The Morgan fingerprint density at radius 1 is 1.41 bits per heavy atom. The number of halogens is 2. The van der Waals surface area contributed by atoms with Crippen molar-refractivity contribution in [2.75, 3.05) is 0 Å². The number of nitrogens with two attached hydrogens (primary N) is 1. The van der Waals surface area contributed by atoms with E-state index in [1.807, 2.05) is 6.92 Å². The number of carbonyl (C=O) groups excluding carboxylic acids is 1. The maximum absolute atomic E-state index is 13.1. The predicted octanol–water partition coefficient (Wildman–Crippen LogP) is 3.15. The van der Waals surface area contributed by atoms with Crippen molar-refractivity contribution < 1.29 is 13.6 Å². The first kappa shape index (κ1) is 16.5. The third-order valence-corrected chi connectivity index (χ3v) is 4.09. The maximum atomic E-state index is 13.1. The number of hydrogen-bond acceptors (Lipinski definition) is 4. The molecule has 4 nitrogen and oxygen atoms in total. The molecule has 3 N–H and O–H groups in total. The lowest BCUT2D eigenvalue weighted by atomic mass is 10.2. The predicted molar refractivity (Wildman–Crippen MR) is 81.5 cm³/mol. The summed E-state index contributed by atoms with van der Waals surface area (Å²) in [6, 6.07) is 3.34. The lowest BCUT2D eigenvalue weighted by molar-refractivity contribution is 0.0946. The molecule has 0 aliphatic rings. The summed E-state index contributed by atoms with van der Waals surface area (Å²) >= 11 is 1.35. The van der Waals surface area contributed by atoms with Gasteiger partial charge >= 0.3 is 0 Å². The summed E-state index contributed by atoms with van der Waals surface area (Å²) in [5.41, 5.74) is 6.72. The van der Waals surface area contributed by atoms with Crippen molar-refractivity contribution in [1.29, 1.82) is 0 Å². The lowest BCUT2D eigenvalue weighted by Gasteiger charge is -2.06. The van der Waals surface area contributed by atoms with Gasteiger partial charge in [0.05, 0.1) is 6.04 Å². The van der Waals surface area contributed by atoms with Gasteiger partial charge in [-0.2, -0.15) is 0 Å². The monoisotopic (exact) mass is 325 g/mol. The topological polar surface area (TPSA) is 68.0 Å². The molecule has 7 heteroatoms. The molecule has 1 heterocycles. The first-order valence-corrected chi connectivity index (χ1v) is 7.82. The van der Waals surface area contributed by atoms with E-state index in [0.29, 0.717) is 5.56 Å². The number of carbonyl (C=O) groups is 1. The summed E-state index contributed by atoms with van der Waals surface area (Å²) in [4.78, 5) is 16.2. The highest BCUT2D eigenvalue weighted by Gasteiger charge is 2.14. The Kier molecular flexibility index (Phi) is 5.57. The zero-order valence-electron chi connectivity index (χ0n) is 12.1. The quantitative estimate of drug-likeness (QED) is 0.857. The van der Waals surface area contributed by atoms with Crippen LogP contribution in [0.4, 0.5) is 8.78 Å². The second kappa shape index (κ2) is 7.42. The van der Waals surface area contributed by atoms with Gasteiger partial charge in [0.25, 0.3) is 5.91 Å². The number of thiazole rings is 1. The normalized spacial score (nSPS) is 12.2. The van der Waals surface area contributed by atoms with Crippen LogP contribution in [0.2, 0.25) is 0 Å². The molecule has 118 valence electrons. The number of aromatic nitrogens is 1. The van der Waals surface area contributed by atoms with E-state index in [4.69, 9.17) is 5.73 Å². The molecule has 0 aliphatic carbocycles. The molecular weight excluding hydrogens is 308 g/mol. The minimum atomic E-state index is -0.937. The Morgan fingerprint density at radius 2 is 2.18 bits per heavy atom. The fourth-order valence-electron chi connectivity index (χ4n) is 1.92. The molecule has 0 fully saturated rings. The van der Waals surface area contributed by atoms with Crippen molar-refractivity contribution in [3.8, 4) is 0 Å². The highest BCUT2D eigenvalue weighted by atomic mass is 32.1. The molecule has 0 aliphatic heterocycles. The van der Waals surface area contributed by atoms with E-state index in [0.717, 1.165) is 30.0 Å². The fraction of sp³-hybridized carbons (Fsp3) is 0.333. The van der Waals surface area contributed by atoms with Crippen molar-refractivity contribution in [3.05, 3.63) is 51.5 Å². The van der Waals surface area contributed by atoms with Gasteiger partial charge in [-0.15, -0.1) is 11.3 Å². The molecule has 2 rings (SSSR count). The molecule has 1 amide bonds. The molecule has 1 aromatic heterocycles. The summed E-state index contributed by atoms with van der Waals surface area (Å²) < 4.78 is 25.9. The first-order chi connectivity index (χ1) is 10.5. The number of rotatable bonds is 6. The van der Waals surface area contributed by atoms with Crippen LogP contribution in [-0.2, 0) is 6.54 Å². The molecule has 0 radical (unpaired) electrons. The van der Waals surface area contributed by atoms with Gasteiger partial charge < -0.3 is 11.1 Å². The Hall–Kier alpha value is -1.86. The first-order valence-electron chi connectivity index (χ1n) is 6.94. The van der Waals surface area contributed by atoms with Crippen LogP contribution in [0.3, 0.4) is 0 Å². The Morgan fingerprint density at radius 3 is 2.86 bits per heavy atom. The second-order valence-corrected chi connectivity index (χ2v) is 5.79. The summed E-state index contributed by atoms with van der Waals surface area (Å²) in [5, 5.41) is 4.99. The zero-order chi connectivity index (χ0) is 16.1. The number of nitrogens with one attached hydrogen (secondary N) is 1. The standard InChI is InChI=1S/C15H17F2N3OS/c1-2-3-12(18)15-20-13(8-22-15)14(21)19-7-9-4-5-10(16)11(17)6-9/h4-6,8,12H,2-3,7,18H2,1H3,(H,19,21). The van der Waals surface area contributed by atoms with Gasteiger partial charge in [-0.3, -0.25) is 4.79 Å². The number of amides is 1. The van der Waals surface area contributed by atoms with Crippen LogP contribution in [0.1, 0.15) is 46.9 Å². The van der Waals surface area contributed by atoms with E-state index in [1.54, 1.807) is 5.38 Å².